The van der Waals surface area contributed by atoms with E-state index in [4.69, 9.17) is 15.2 Å². The van der Waals surface area contributed by atoms with E-state index in [9.17, 15) is 29.4 Å². The Morgan fingerprint density at radius 1 is 0.959 bits per heavy atom. The summed E-state index contributed by atoms with van der Waals surface area (Å²) >= 11 is 0. The van der Waals surface area contributed by atoms with Gasteiger partial charge < -0.3 is 36.1 Å². The summed E-state index contributed by atoms with van der Waals surface area (Å²) in [5, 5.41) is 33.9. The molecular formula is C35H36N6O8. The minimum Gasteiger partial charge on any atom is -0.508 e. The molecule has 6 N–H and O–H groups in total. The van der Waals surface area contributed by atoms with Crippen LogP contribution in [0.4, 0.5) is 0 Å². The number of nitrogens with two attached hydrogens (primary N) is 1. The van der Waals surface area contributed by atoms with Gasteiger partial charge in [0.2, 0.25) is 11.8 Å². The normalized spacial score (nSPS) is 14.3. The maximum Gasteiger partial charge on any atom is 0.340 e. The van der Waals surface area contributed by atoms with Crippen LogP contribution in [0.1, 0.15) is 82.6 Å². The number of phenolic OH excluding ortho intramolecular Hbond substituents is 2. The lowest BCUT2D eigenvalue weighted by atomic mass is 9.77. The van der Waals surface area contributed by atoms with Crippen LogP contribution in [-0.2, 0) is 33.0 Å². The number of nitrogens with zero attached hydrogens (tertiary/aromatic N) is 3. The Hall–Kier alpha value is -5.92. The van der Waals surface area contributed by atoms with E-state index in [0.717, 1.165) is 0 Å². The molecule has 254 valence electrons. The molecule has 14 heteroatoms. The molecule has 14 nitrogen and oxygen atoms in total. The first-order valence-corrected chi connectivity index (χ1v) is 15.9. The predicted octanol–water partition coefficient (Wildman–Crippen LogP) is 3.37. The number of fused-ring (bicyclic) bond motifs is 6. The third-order valence-corrected chi connectivity index (χ3v) is 8.48. The number of carbonyl (C=O) groups excluding carboxylic acids is 4. The highest BCUT2D eigenvalue weighted by Gasteiger charge is 2.53. The second-order valence-electron chi connectivity index (χ2n) is 12.6. The molecule has 1 spiro atoms. The fraction of sp³-hybridized carbons (Fsp3) is 0.314. The molecule has 6 rings (SSSR count). The van der Waals surface area contributed by atoms with Crippen molar-refractivity contribution in [3.8, 4) is 23.0 Å². The van der Waals surface area contributed by atoms with Gasteiger partial charge in [0.25, 0.3) is 5.91 Å². The number of rotatable bonds is 12. The molecule has 3 amide bonds. The van der Waals surface area contributed by atoms with Gasteiger partial charge in [0.05, 0.1) is 18.3 Å². The number of amides is 3. The number of esters is 1. The quantitative estimate of drug-likeness (QED) is 0.110. The summed E-state index contributed by atoms with van der Waals surface area (Å²) < 4.78 is 13.7. The monoisotopic (exact) mass is 668 g/mol. The SMILES string of the molecule is CC(C)C[C@H](NC(=O)CCCCn1cc(CNC(=O)c2ccc3c(c2)C(=O)OC32c3ccc(O)cc3Oc3cc(O)ccc32)nn1)C(N)=O. The first kappa shape index (κ1) is 33.0. The Kier molecular flexibility index (Phi) is 8.95. The van der Waals surface area contributed by atoms with Crippen molar-refractivity contribution in [2.75, 3.05) is 0 Å². The number of aryl methyl sites for hydroxylation is 1. The van der Waals surface area contributed by atoms with Crippen molar-refractivity contribution in [2.45, 2.75) is 64.3 Å². The molecule has 49 heavy (non-hydrogen) atoms. The van der Waals surface area contributed by atoms with Gasteiger partial charge >= 0.3 is 5.97 Å². The van der Waals surface area contributed by atoms with E-state index in [-0.39, 0.29) is 58.9 Å². The fourth-order valence-electron chi connectivity index (χ4n) is 6.19. The standard InChI is InChI=1S/C35H36N6O8/c1-19(2)13-28(32(36)45)38-31(44)5-3-4-12-41-18-21(39-40-41)17-37-33(46)20-6-9-25-24(14-20)34(47)49-35(25)26-10-7-22(42)15-29(26)48-30-16-23(43)8-11-27(30)35/h6-11,14-16,18-19,28,42-43H,3-5,12-13,17H2,1-2H3,(H2,36,45)(H,37,46)(H,38,44)/t28-/m0/s1. The van der Waals surface area contributed by atoms with Crippen LogP contribution in [0, 0.1) is 5.92 Å². The number of aromatic hydroxyl groups is 2. The lowest BCUT2D eigenvalue weighted by Gasteiger charge is -2.36. The molecule has 0 fully saturated rings. The van der Waals surface area contributed by atoms with Crippen LogP contribution in [0.15, 0.2) is 60.8 Å². The zero-order valence-electron chi connectivity index (χ0n) is 26.9. The number of phenols is 2. The van der Waals surface area contributed by atoms with Crippen LogP contribution >= 0.6 is 0 Å². The fourth-order valence-corrected chi connectivity index (χ4v) is 6.19. The van der Waals surface area contributed by atoms with Crippen LogP contribution in [0.5, 0.6) is 23.0 Å². The molecule has 4 aromatic rings. The van der Waals surface area contributed by atoms with Crippen molar-refractivity contribution in [2.24, 2.45) is 11.7 Å². The lowest BCUT2D eigenvalue weighted by Crippen LogP contribution is -2.45. The Labute approximate surface area is 281 Å². The van der Waals surface area contributed by atoms with Crippen molar-refractivity contribution >= 4 is 23.7 Å². The summed E-state index contributed by atoms with van der Waals surface area (Å²) in [6, 6.07) is 13.0. The van der Waals surface area contributed by atoms with Crippen LogP contribution in [0.2, 0.25) is 0 Å². The third kappa shape index (κ3) is 6.62. The molecule has 0 aliphatic carbocycles. The number of aromatic nitrogens is 3. The number of ether oxygens (including phenoxy) is 2. The van der Waals surface area contributed by atoms with Crippen molar-refractivity contribution in [3.05, 3.63) is 94.3 Å². The average molecular weight is 669 g/mol. The number of primary amides is 1. The van der Waals surface area contributed by atoms with Gasteiger partial charge in [-0.25, -0.2) is 4.79 Å². The summed E-state index contributed by atoms with van der Waals surface area (Å²) in [5.41, 5.74) is 6.37. The zero-order valence-corrected chi connectivity index (χ0v) is 26.9. The van der Waals surface area contributed by atoms with E-state index in [2.05, 4.69) is 20.9 Å². The van der Waals surface area contributed by atoms with Crippen LogP contribution in [-0.4, -0.2) is 54.9 Å². The minimum atomic E-state index is -1.42. The Morgan fingerprint density at radius 3 is 2.29 bits per heavy atom. The van der Waals surface area contributed by atoms with E-state index >= 15 is 0 Å². The molecule has 3 heterocycles. The van der Waals surface area contributed by atoms with Gasteiger partial charge in [-0.05, 0) is 61.6 Å². The Balaban J connectivity index is 1.08. The number of benzene rings is 3. The highest BCUT2D eigenvalue weighted by Crippen LogP contribution is 2.57. The van der Waals surface area contributed by atoms with Gasteiger partial charge in [-0.3, -0.25) is 19.1 Å². The second kappa shape index (κ2) is 13.3. The Morgan fingerprint density at radius 2 is 1.63 bits per heavy atom. The molecule has 0 radical (unpaired) electrons. The first-order valence-electron chi connectivity index (χ1n) is 15.9. The number of hydrogen-bond acceptors (Lipinski definition) is 10. The van der Waals surface area contributed by atoms with Crippen molar-refractivity contribution in [1.82, 2.24) is 25.6 Å². The molecule has 2 aliphatic rings. The molecule has 2 aliphatic heterocycles. The van der Waals surface area contributed by atoms with Crippen LogP contribution in [0.3, 0.4) is 0 Å². The minimum absolute atomic E-state index is 0.0490. The molecule has 1 aromatic heterocycles. The number of hydrogen-bond donors (Lipinski definition) is 5. The summed E-state index contributed by atoms with van der Waals surface area (Å²) in [4.78, 5) is 50.4. The van der Waals surface area contributed by atoms with Gasteiger partial charge in [0, 0.05) is 47.4 Å². The van der Waals surface area contributed by atoms with E-state index < -0.39 is 29.4 Å². The summed E-state index contributed by atoms with van der Waals surface area (Å²) in [5.74, 6) is -1.23. The predicted molar refractivity (Wildman–Crippen MR) is 174 cm³/mol. The van der Waals surface area contributed by atoms with Crippen molar-refractivity contribution in [3.63, 3.8) is 0 Å². The second-order valence-corrected chi connectivity index (χ2v) is 12.6. The van der Waals surface area contributed by atoms with Crippen LogP contribution < -0.4 is 21.1 Å². The maximum absolute atomic E-state index is 13.4. The van der Waals surface area contributed by atoms with Gasteiger partial charge in [0.15, 0.2) is 5.60 Å². The third-order valence-electron chi connectivity index (χ3n) is 8.48. The summed E-state index contributed by atoms with van der Waals surface area (Å²) in [6.45, 7) is 4.50. The van der Waals surface area contributed by atoms with E-state index in [1.54, 1.807) is 35.1 Å². The molecular weight excluding hydrogens is 632 g/mol. The molecule has 3 aromatic carbocycles. The lowest BCUT2D eigenvalue weighted by molar-refractivity contribution is -0.127. The maximum atomic E-state index is 13.4. The Bertz CT molecular complexity index is 1900. The molecule has 0 unspecified atom stereocenters. The highest BCUT2D eigenvalue weighted by atomic mass is 16.6. The first-order chi connectivity index (χ1) is 23.4. The molecule has 0 saturated carbocycles. The van der Waals surface area contributed by atoms with E-state index in [0.29, 0.717) is 48.2 Å². The van der Waals surface area contributed by atoms with E-state index in [1.165, 1.54) is 30.3 Å². The van der Waals surface area contributed by atoms with Gasteiger partial charge in [-0.1, -0.05) is 25.1 Å². The van der Waals surface area contributed by atoms with Crippen molar-refractivity contribution in [1.29, 1.82) is 0 Å². The smallest absolute Gasteiger partial charge is 0.340 e. The largest absolute Gasteiger partial charge is 0.508 e. The van der Waals surface area contributed by atoms with Crippen LogP contribution in [0.25, 0.3) is 0 Å². The number of carbonyl (C=O) groups is 4. The number of unbranched alkanes of at least 4 members (excludes halogenated alkanes) is 1. The zero-order chi connectivity index (χ0) is 34.9. The van der Waals surface area contributed by atoms with E-state index in [1.807, 2.05) is 13.8 Å². The van der Waals surface area contributed by atoms with Gasteiger partial charge in [-0.15, -0.1) is 5.10 Å². The number of nitrogens with one attached hydrogen (secondary N) is 2. The molecule has 1 atom stereocenters. The highest BCUT2D eigenvalue weighted by molar-refractivity contribution is 6.01. The topological polar surface area (TPSA) is 208 Å². The average Bonchev–Trinajstić information content (AvgIpc) is 3.63. The van der Waals surface area contributed by atoms with Crippen molar-refractivity contribution < 1.29 is 38.9 Å². The molecule has 0 bridgehead atoms. The summed E-state index contributed by atoms with van der Waals surface area (Å²) in [6.07, 6.45) is 3.64. The molecule has 0 saturated heterocycles. The van der Waals surface area contributed by atoms with Gasteiger partial charge in [-0.2, -0.15) is 0 Å². The summed E-state index contributed by atoms with van der Waals surface area (Å²) in [7, 11) is 0. The van der Waals surface area contributed by atoms with Gasteiger partial charge in [0.1, 0.15) is 34.7 Å².